The smallest absolute Gasteiger partial charge is 0.382 e. The highest BCUT2D eigenvalue weighted by molar-refractivity contribution is 5.64. The number of nitriles is 1. The Hall–Kier alpha value is -2.69. The minimum atomic E-state index is -4.47. The van der Waals surface area contributed by atoms with E-state index in [0.717, 1.165) is 16.8 Å². The molecule has 1 heterocycles. The van der Waals surface area contributed by atoms with Gasteiger partial charge in [0.15, 0.2) is 5.82 Å². The minimum Gasteiger partial charge on any atom is -0.382 e. The maximum Gasteiger partial charge on any atom is 0.416 e. The van der Waals surface area contributed by atoms with Gasteiger partial charge in [-0.1, -0.05) is 6.07 Å². The van der Waals surface area contributed by atoms with Gasteiger partial charge in [0.2, 0.25) is 0 Å². The first-order chi connectivity index (χ1) is 8.84. The summed E-state index contributed by atoms with van der Waals surface area (Å²) in [6.45, 7) is 0. The number of nitrogens with two attached hydrogens (primary N) is 2. The third kappa shape index (κ3) is 2.18. The topological polar surface area (TPSA) is 93.6 Å². The van der Waals surface area contributed by atoms with Crippen LogP contribution in [0.15, 0.2) is 24.3 Å². The third-order valence-electron chi connectivity index (χ3n) is 2.48. The molecule has 0 spiro atoms. The van der Waals surface area contributed by atoms with Crippen molar-refractivity contribution >= 4 is 11.6 Å². The van der Waals surface area contributed by atoms with E-state index in [1.54, 1.807) is 6.07 Å². The van der Waals surface area contributed by atoms with E-state index >= 15 is 0 Å². The Labute approximate surface area is 105 Å². The number of halogens is 3. The zero-order chi connectivity index (χ0) is 14.2. The van der Waals surface area contributed by atoms with Crippen LogP contribution in [0.1, 0.15) is 11.1 Å². The Kier molecular flexibility index (Phi) is 2.82. The van der Waals surface area contributed by atoms with Crippen LogP contribution >= 0.6 is 0 Å². The van der Waals surface area contributed by atoms with E-state index in [2.05, 4.69) is 5.10 Å². The summed E-state index contributed by atoms with van der Waals surface area (Å²) in [5.41, 5.74) is 10.3. The summed E-state index contributed by atoms with van der Waals surface area (Å²) >= 11 is 0. The van der Waals surface area contributed by atoms with E-state index in [1.807, 2.05) is 0 Å². The first kappa shape index (κ1) is 12.8. The number of alkyl halides is 3. The van der Waals surface area contributed by atoms with E-state index in [9.17, 15) is 13.2 Å². The molecule has 98 valence electrons. The van der Waals surface area contributed by atoms with E-state index in [1.165, 1.54) is 12.1 Å². The normalized spacial score (nSPS) is 11.3. The van der Waals surface area contributed by atoms with E-state index in [4.69, 9.17) is 16.7 Å². The summed E-state index contributed by atoms with van der Waals surface area (Å²) in [4.78, 5) is 0. The molecule has 4 N–H and O–H groups in total. The molecule has 1 aromatic heterocycles. The predicted molar refractivity (Wildman–Crippen MR) is 62.1 cm³/mol. The zero-order valence-corrected chi connectivity index (χ0v) is 9.44. The molecule has 0 saturated carbocycles. The molecule has 0 fully saturated rings. The summed E-state index contributed by atoms with van der Waals surface area (Å²) in [6.07, 6.45) is -4.47. The van der Waals surface area contributed by atoms with Crippen molar-refractivity contribution < 1.29 is 13.2 Å². The Morgan fingerprint density at radius 1 is 1.26 bits per heavy atom. The second kappa shape index (κ2) is 4.20. The number of nitrogens with zero attached hydrogens (tertiary/aromatic N) is 3. The molecular formula is C11H8F3N5. The van der Waals surface area contributed by atoms with Crippen molar-refractivity contribution in [2.45, 2.75) is 6.18 Å². The lowest BCUT2D eigenvalue weighted by atomic mass is 10.2. The summed E-state index contributed by atoms with van der Waals surface area (Å²) in [5.74, 6) is -0.225. The lowest BCUT2D eigenvalue weighted by molar-refractivity contribution is -0.137. The highest BCUT2D eigenvalue weighted by Crippen LogP contribution is 2.31. The van der Waals surface area contributed by atoms with Crippen LogP contribution in [0.4, 0.5) is 24.8 Å². The Morgan fingerprint density at radius 3 is 2.47 bits per heavy atom. The summed E-state index contributed by atoms with van der Waals surface area (Å²) in [7, 11) is 0. The number of nitrogen functional groups attached to an aromatic ring is 2. The second-order valence-corrected chi connectivity index (χ2v) is 3.72. The van der Waals surface area contributed by atoms with Gasteiger partial charge in [-0.25, -0.2) is 4.68 Å². The highest BCUT2D eigenvalue weighted by atomic mass is 19.4. The van der Waals surface area contributed by atoms with Crippen LogP contribution in [-0.2, 0) is 6.18 Å². The number of anilines is 2. The molecule has 2 rings (SSSR count). The van der Waals surface area contributed by atoms with Crippen LogP contribution in [0.5, 0.6) is 0 Å². The first-order valence-electron chi connectivity index (χ1n) is 5.06. The summed E-state index contributed by atoms with van der Waals surface area (Å²) < 4.78 is 38.8. The van der Waals surface area contributed by atoms with Crippen LogP contribution in [0.3, 0.4) is 0 Å². The van der Waals surface area contributed by atoms with Crippen LogP contribution < -0.4 is 11.5 Å². The molecule has 19 heavy (non-hydrogen) atoms. The van der Waals surface area contributed by atoms with Crippen LogP contribution in [0.2, 0.25) is 0 Å². The molecule has 0 saturated heterocycles. The molecule has 2 aromatic rings. The van der Waals surface area contributed by atoms with Crippen molar-refractivity contribution in [3.8, 4) is 11.8 Å². The Morgan fingerprint density at radius 2 is 1.95 bits per heavy atom. The lowest BCUT2D eigenvalue weighted by Crippen LogP contribution is -2.08. The molecule has 0 amide bonds. The van der Waals surface area contributed by atoms with Gasteiger partial charge < -0.3 is 11.5 Å². The van der Waals surface area contributed by atoms with Gasteiger partial charge in [0.25, 0.3) is 0 Å². The molecule has 0 bridgehead atoms. The summed E-state index contributed by atoms with van der Waals surface area (Å²) in [6, 6.07) is 6.16. The number of aromatic nitrogens is 2. The first-order valence-corrected chi connectivity index (χ1v) is 5.06. The maximum atomic E-state index is 12.6. The van der Waals surface area contributed by atoms with E-state index in [-0.39, 0.29) is 22.9 Å². The van der Waals surface area contributed by atoms with Gasteiger partial charge in [-0.2, -0.15) is 18.4 Å². The molecule has 8 heteroatoms. The number of hydrogen-bond donors (Lipinski definition) is 2. The SMILES string of the molecule is N#Cc1c(N)nn(-c2cccc(C(F)(F)F)c2)c1N. The van der Waals surface area contributed by atoms with Gasteiger partial charge in [0.1, 0.15) is 17.5 Å². The standard InChI is InChI=1S/C11H8F3N5/c12-11(13,14)6-2-1-3-7(4-6)19-10(17)8(5-15)9(16)18-19/h1-4H,17H2,(H2,16,18). The van der Waals surface area contributed by atoms with E-state index in [0.29, 0.717) is 0 Å². The molecule has 5 nitrogen and oxygen atoms in total. The quantitative estimate of drug-likeness (QED) is 0.825. The Bertz CT molecular complexity index is 666. The van der Waals surface area contributed by atoms with Crippen molar-refractivity contribution in [2.24, 2.45) is 0 Å². The zero-order valence-electron chi connectivity index (χ0n) is 9.44. The maximum absolute atomic E-state index is 12.6. The van der Waals surface area contributed by atoms with Crippen LogP contribution in [-0.4, -0.2) is 9.78 Å². The van der Waals surface area contributed by atoms with E-state index < -0.39 is 11.7 Å². The van der Waals surface area contributed by atoms with Gasteiger partial charge in [-0.3, -0.25) is 0 Å². The monoisotopic (exact) mass is 267 g/mol. The third-order valence-corrected chi connectivity index (χ3v) is 2.48. The number of rotatable bonds is 1. The summed E-state index contributed by atoms with van der Waals surface area (Å²) in [5, 5.41) is 12.6. The molecule has 0 aliphatic rings. The van der Waals surface area contributed by atoms with Crippen LogP contribution in [0, 0.1) is 11.3 Å². The van der Waals surface area contributed by atoms with Crippen molar-refractivity contribution in [2.75, 3.05) is 11.5 Å². The van der Waals surface area contributed by atoms with Gasteiger partial charge in [-0.05, 0) is 18.2 Å². The molecule has 0 atom stereocenters. The molecule has 1 aromatic carbocycles. The molecule has 0 radical (unpaired) electrons. The fraction of sp³-hybridized carbons (Fsp3) is 0.0909. The molecule has 0 unspecified atom stereocenters. The Balaban J connectivity index is 2.58. The van der Waals surface area contributed by atoms with Gasteiger partial charge >= 0.3 is 6.18 Å². The largest absolute Gasteiger partial charge is 0.416 e. The predicted octanol–water partition coefficient (Wildman–Crippen LogP) is 1.93. The number of hydrogen-bond acceptors (Lipinski definition) is 4. The lowest BCUT2D eigenvalue weighted by Gasteiger charge is -2.09. The van der Waals surface area contributed by atoms with Gasteiger partial charge in [0.05, 0.1) is 11.3 Å². The molecule has 0 aliphatic carbocycles. The average Bonchev–Trinajstić information content (AvgIpc) is 2.63. The van der Waals surface area contributed by atoms with Crippen LogP contribution in [0.25, 0.3) is 5.69 Å². The van der Waals surface area contributed by atoms with Crippen molar-refractivity contribution in [1.29, 1.82) is 5.26 Å². The van der Waals surface area contributed by atoms with Crippen molar-refractivity contribution in [3.63, 3.8) is 0 Å². The fourth-order valence-corrected chi connectivity index (χ4v) is 1.57. The van der Waals surface area contributed by atoms with Crippen molar-refractivity contribution in [3.05, 3.63) is 35.4 Å². The average molecular weight is 267 g/mol. The molecular weight excluding hydrogens is 259 g/mol. The fourth-order valence-electron chi connectivity index (χ4n) is 1.57. The second-order valence-electron chi connectivity index (χ2n) is 3.72. The highest BCUT2D eigenvalue weighted by Gasteiger charge is 2.30. The van der Waals surface area contributed by atoms with Gasteiger partial charge in [0, 0.05) is 0 Å². The number of benzene rings is 1. The minimum absolute atomic E-state index is 0.0580. The van der Waals surface area contributed by atoms with Crippen molar-refractivity contribution in [1.82, 2.24) is 9.78 Å². The molecule has 0 aliphatic heterocycles. The van der Waals surface area contributed by atoms with Gasteiger partial charge in [-0.15, -0.1) is 5.10 Å².